The summed E-state index contributed by atoms with van der Waals surface area (Å²) in [6.45, 7) is 0.586. The van der Waals surface area contributed by atoms with Crippen LogP contribution >= 0.6 is 22.9 Å². The first-order valence-corrected chi connectivity index (χ1v) is 11.3. The maximum Gasteiger partial charge on any atom is 0.307 e. The number of carboxylic acid groups (broad SMARTS) is 1. The SMILES string of the molecule is Nc1cc(N)cc(-c2ccc3c(CC(=O)O)cn(Cc4csc5cccc(Cl)c45)c3c2)c1. The lowest BCUT2D eigenvalue weighted by molar-refractivity contribution is -0.136. The summed E-state index contributed by atoms with van der Waals surface area (Å²) in [4.78, 5) is 11.5. The zero-order valence-corrected chi connectivity index (χ0v) is 18.6. The average Bonchev–Trinajstić information content (AvgIpc) is 3.29. The summed E-state index contributed by atoms with van der Waals surface area (Å²) in [6.07, 6.45) is 1.88. The smallest absolute Gasteiger partial charge is 0.307 e. The second-order valence-corrected chi connectivity index (χ2v) is 9.17. The molecule has 5 aromatic rings. The molecule has 3 aromatic carbocycles. The monoisotopic (exact) mass is 461 g/mol. The minimum atomic E-state index is -0.860. The quantitative estimate of drug-likeness (QED) is 0.279. The van der Waals surface area contributed by atoms with E-state index in [1.165, 1.54) is 0 Å². The van der Waals surface area contributed by atoms with Gasteiger partial charge in [-0.2, -0.15) is 0 Å². The van der Waals surface area contributed by atoms with Gasteiger partial charge in [0.1, 0.15) is 0 Å². The van der Waals surface area contributed by atoms with E-state index in [-0.39, 0.29) is 6.42 Å². The molecule has 5 N–H and O–H groups in total. The Labute approximate surface area is 193 Å². The van der Waals surface area contributed by atoms with Crippen molar-refractivity contribution in [1.29, 1.82) is 0 Å². The molecule has 2 heterocycles. The Morgan fingerprint density at radius 1 is 1.00 bits per heavy atom. The normalized spacial score (nSPS) is 11.4. The number of rotatable bonds is 5. The number of benzene rings is 3. The first-order valence-electron chi connectivity index (χ1n) is 10.0. The lowest BCUT2D eigenvalue weighted by atomic mass is 10.0. The van der Waals surface area contributed by atoms with Crippen LogP contribution < -0.4 is 11.5 Å². The maximum absolute atomic E-state index is 11.5. The van der Waals surface area contributed by atoms with Crippen molar-refractivity contribution in [3.63, 3.8) is 0 Å². The number of hydrogen-bond acceptors (Lipinski definition) is 4. The van der Waals surface area contributed by atoms with Crippen LogP contribution in [0.5, 0.6) is 0 Å². The number of nitrogens with zero attached hydrogens (tertiary/aromatic N) is 1. The van der Waals surface area contributed by atoms with Crippen molar-refractivity contribution < 1.29 is 9.90 Å². The third-order valence-electron chi connectivity index (χ3n) is 5.58. The van der Waals surface area contributed by atoms with Crippen molar-refractivity contribution >= 4 is 61.3 Å². The van der Waals surface area contributed by atoms with Crippen molar-refractivity contribution in [1.82, 2.24) is 4.57 Å². The molecule has 0 aliphatic heterocycles. The number of hydrogen-bond donors (Lipinski definition) is 3. The summed E-state index contributed by atoms with van der Waals surface area (Å²) in [7, 11) is 0. The molecule has 0 spiro atoms. The van der Waals surface area contributed by atoms with Gasteiger partial charge in [-0.05, 0) is 64.0 Å². The maximum atomic E-state index is 11.5. The van der Waals surface area contributed by atoms with Crippen molar-refractivity contribution in [2.75, 3.05) is 11.5 Å². The number of anilines is 2. The predicted molar refractivity (Wildman–Crippen MR) is 133 cm³/mol. The van der Waals surface area contributed by atoms with Gasteiger partial charge in [0.05, 0.1) is 6.42 Å². The molecule has 5 rings (SSSR count). The second kappa shape index (κ2) is 7.89. The number of halogens is 1. The lowest BCUT2D eigenvalue weighted by Crippen LogP contribution is -2.00. The molecular formula is C25H20ClN3O2S. The van der Waals surface area contributed by atoms with Crippen molar-refractivity contribution in [3.05, 3.63) is 82.3 Å². The molecule has 0 amide bonds. The highest BCUT2D eigenvalue weighted by atomic mass is 35.5. The summed E-state index contributed by atoms with van der Waals surface area (Å²) >= 11 is 8.15. The van der Waals surface area contributed by atoms with Gasteiger partial charge in [-0.3, -0.25) is 4.79 Å². The first kappa shape index (κ1) is 20.4. The largest absolute Gasteiger partial charge is 0.481 e. The molecule has 32 heavy (non-hydrogen) atoms. The van der Waals surface area contributed by atoms with E-state index in [2.05, 4.69) is 22.1 Å². The number of nitrogens with two attached hydrogens (primary N) is 2. The number of fused-ring (bicyclic) bond motifs is 2. The van der Waals surface area contributed by atoms with Crippen molar-refractivity contribution in [2.24, 2.45) is 0 Å². The Morgan fingerprint density at radius 3 is 2.53 bits per heavy atom. The summed E-state index contributed by atoms with van der Waals surface area (Å²) in [5.41, 5.74) is 17.9. The summed E-state index contributed by atoms with van der Waals surface area (Å²) < 4.78 is 3.23. The van der Waals surface area contributed by atoms with E-state index in [4.69, 9.17) is 23.1 Å². The number of carbonyl (C=O) groups is 1. The fraction of sp³-hybridized carbons (Fsp3) is 0.0800. The number of thiophene rings is 1. The Hall–Kier alpha value is -3.48. The van der Waals surface area contributed by atoms with E-state index >= 15 is 0 Å². The highest BCUT2D eigenvalue weighted by Gasteiger charge is 2.15. The van der Waals surface area contributed by atoms with Crippen molar-refractivity contribution in [3.8, 4) is 11.1 Å². The topological polar surface area (TPSA) is 94.3 Å². The van der Waals surface area contributed by atoms with E-state index in [1.807, 2.05) is 42.6 Å². The molecule has 160 valence electrons. The Bertz CT molecular complexity index is 1480. The van der Waals surface area contributed by atoms with Gasteiger partial charge >= 0.3 is 5.97 Å². The van der Waals surface area contributed by atoms with Crippen LogP contribution in [0.25, 0.3) is 32.1 Å². The van der Waals surface area contributed by atoms with Crippen molar-refractivity contribution in [2.45, 2.75) is 13.0 Å². The Kier molecular flexibility index (Phi) is 5.04. The third kappa shape index (κ3) is 3.68. The van der Waals surface area contributed by atoms with E-state index in [0.29, 0.717) is 17.9 Å². The number of aromatic nitrogens is 1. The van der Waals surface area contributed by atoms with Gasteiger partial charge in [-0.15, -0.1) is 11.3 Å². The highest BCUT2D eigenvalue weighted by Crippen LogP contribution is 2.35. The van der Waals surface area contributed by atoms with E-state index in [1.54, 1.807) is 17.4 Å². The fourth-order valence-electron chi connectivity index (χ4n) is 4.23. The van der Waals surface area contributed by atoms with E-state index in [0.717, 1.165) is 48.3 Å². The molecule has 0 fully saturated rings. The third-order valence-corrected chi connectivity index (χ3v) is 6.89. The molecule has 0 aliphatic rings. The second-order valence-electron chi connectivity index (χ2n) is 7.85. The molecule has 0 radical (unpaired) electrons. The predicted octanol–water partition coefficient (Wildman–Crippen LogP) is 6.02. The van der Waals surface area contributed by atoms with Crippen LogP contribution in [0.4, 0.5) is 11.4 Å². The number of nitrogen functional groups attached to an aromatic ring is 2. The molecule has 7 heteroatoms. The standard InChI is InChI=1S/C25H20ClN3O2S/c26-21-2-1-3-23-25(21)17(13-32-23)12-29-11-16(9-24(30)31)20-5-4-14(8-22(20)29)15-6-18(27)10-19(28)7-15/h1-8,10-11,13H,9,12,27-28H2,(H,30,31). The lowest BCUT2D eigenvalue weighted by Gasteiger charge is -2.09. The molecule has 0 saturated carbocycles. The van der Waals surface area contributed by atoms with Gasteiger partial charge in [0.2, 0.25) is 0 Å². The van der Waals surface area contributed by atoms with Crippen LogP contribution in [-0.2, 0) is 17.8 Å². The molecule has 5 nitrogen and oxygen atoms in total. The molecule has 0 atom stereocenters. The fourth-order valence-corrected chi connectivity index (χ4v) is 5.56. The number of aliphatic carboxylic acids is 1. The molecule has 0 bridgehead atoms. The van der Waals surface area contributed by atoms with Gasteiger partial charge in [-0.1, -0.05) is 29.8 Å². The Balaban J connectivity index is 1.67. The first-order chi connectivity index (χ1) is 15.4. The summed E-state index contributed by atoms with van der Waals surface area (Å²) in [6, 6.07) is 17.4. The zero-order valence-electron chi connectivity index (χ0n) is 17.0. The van der Waals surface area contributed by atoms with Crippen LogP contribution in [0.3, 0.4) is 0 Å². The van der Waals surface area contributed by atoms with Gasteiger partial charge in [0, 0.05) is 50.1 Å². The Morgan fingerprint density at radius 2 is 1.78 bits per heavy atom. The van der Waals surface area contributed by atoms with Gasteiger partial charge in [0.25, 0.3) is 0 Å². The van der Waals surface area contributed by atoms with Crippen LogP contribution in [0.15, 0.2) is 66.2 Å². The highest BCUT2D eigenvalue weighted by molar-refractivity contribution is 7.17. The zero-order chi connectivity index (χ0) is 22.4. The van der Waals surface area contributed by atoms with E-state index in [9.17, 15) is 9.90 Å². The molecule has 0 unspecified atom stereocenters. The van der Waals surface area contributed by atoms with Gasteiger partial charge in [0.15, 0.2) is 0 Å². The average molecular weight is 462 g/mol. The molecule has 0 saturated heterocycles. The minimum absolute atomic E-state index is 0.0424. The van der Waals surface area contributed by atoms with Gasteiger partial charge in [-0.25, -0.2) is 0 Å². The van der Waals surface area contributed by atoms with Crippen LogP contribution in [-0.4, -0.2) is 15.6 Å². The van der Waals surface area contributed by atoms with E-state index < -0.39 is 5.97 Å². The van der Waals surface area contributed by atoms with Crippen LogP contribution in [0.2, 0.25) is 5.02 Å². The van der Waals surface area contributed by atoms with Crippen LogP contribution in [0.1, 0.15) is 11.1 Å². The number of carboxylic acids is 1. The minimum Gasteiger partial charge on any atom is -0.481 e. The van der Waals surface area contributed by atoms with Gasteiger partial charge < -0.3 is 21.1 Å². The van der Waals surface area contributed by atoms with Crippen LogP contribution in [0, 0.1) is 0 Å². The molecule has 0 aliphatic carbocycles. The summed E-state index contributed by atoms with van der Waals surface area (Å²) in [5.74, 6) is -0.860. The molecule has 2 aromatic heterocycles. The summed E-state index contributed by atoms with van der Waals surface area (Å²) in [5, 5.41) is 14.2. The molecular weight excluding hydrogens is 442 g/mol.